The Bertz CT molecular complexity index is 1410. The predicted octanol–water partition coefficient (Wildman–Crippen LogP) is 5.11. The number of amides is 2. The second-order valence-corrected chi connectivity index (χ2v) is 11.7. The van der Waals surface area contributed by atoms with E-state index in [1.54, 1.807) is 6.92 Å². The quantitative estimate of drug-likeness (QED) is 0.313. The van der Waals surface area contributed by atoms with Crippen molar-refractivity contribution in [2.45, 2.75) is 56.9 Å². The molecule has 3 aliphatic carbocycles. The standard InChI is InChI=1S/C34H36N2O6/c1-20(41-18-21-9-3-2-4-10-21)31(32(37)35-30-17-22-15-23(33(38)39)16-28(22)30)36-34(40)42-19-29-26-13-7-5-11-24(26)25-12-6-8-14-27(25)29/h2-14,20,22-23,28-31H,15-19H2,1H3,(H,35,37)(H,36,40)(H,38,39)/t20-,22-,23?,28-,30+,31+/m0/s1. The Morgan fingerprint density at radius 1 is 0.881 bits per heavy atom. The van der Waals surface area contributed by atoms with E-state index in [4.69, 9.17) is 9.47 Å². The van der Waals surface area contributed by atoms with Gasteiger partial charge in [0.05, 0.1) is 18.6 Å². The van der Waals surface area contributed by atoms with Crippen molar-refractivity contribution in [2.24, 2.45) is 17.8 Å². The fourth-order valence-corrected chi connectivity index (χ4v) is 6.93. The number of nitrogens with one attached hydrogen (secondary N) is 2. The Morgan fingerprint density at radius 3 is 2.19 bits per heavy atom. The summed E-state index contributed by atoms with van der Waals surface area (Å²) in [7, 11) is 0. The molecule has 42 heavy (non-hydrogen) atoms. The van der Waals surface area contributed by atoms with Gasteiger partial charge in [-0.25, -0.2) is 4.79 Å². The lowest BCUT2D eigenvalue weighted by Gasteiger charge is -2.41. The van der Waals surface area contributed by atoms with Crippen molar-refractivity contribution in [2.75, 3.05) is 6.61 Å². The topological polar surface area (TPSA) is 114 Å². The number of ether oxygens (including phenoxy) is 2. The van der Waals surface area contributed by atoms with Crippen LogP contribution in [0.25, 0.3) is 11.1 Å². The molecule has 3 N–H and O–H groups in total. The molecule has 0 spiro atoms. The molecule has 0 saturated heterocycles. The predicted molar refractivity (Wildman–Crippen MR) is 157 cm³/mol. The van der Waals surface area contributed by atoms with Gasteiger partial charge in [-0.1, -0.05) is 78.9 Å². The number of aliphatic carboxylic acids is 1. The fourth-order valence-electron chi connectivity index (χ4n) is 6.93. The number of carboxylic acid groups (broad SMARTS) is 1. The van der Waals surface area contributed by atoms with Gasteiger partial charge in [0, 0.05) is 12.0 Å². The molecule has 8 heteroatoms. The van der Waals surface area contributed by atoms with E-state index in [9.17, 15) is 19.5 Å². The number of benzene rings is 3. The van der Waals surface area contributed by atoms with Crippen LogP contribution in [0.3, 0.4) is 0 Å². The second kappa shape index (κ2) is 12.0. The smallest absolute Gasteiger partial charge is 0.407 e. The lowest BCUT2D eigenvalue weighted by molar-refractivity contribution is -0.141. The van der Waals surface area contributed by atoms with Gasteiger partial charge in [-0.2, -0.15) is 0 Å². The molecule has 0 heterocycles. The van der Waals surface area contributed by atoms with E-state index in [0.29, 0.717) is 18.8 Å². The summed E-state index contributed by atoms with van der Waals surface area (Å²) in [6.07, 6.45) is 0.638. The molecule has 8 nitrogen and oxygen atoms in total. The van der Waals surface area contributed by atoms with Crippen molar-refractivity contribution in [3.05, 3.63) is 95.6 Å². The third-order valence-corrected chi connectivity index (χ3v) is 9.22. The summed E-state index contributed by atoms with van der Waals surface area (Å²) in [6.45, 7) is 2.18. The molecule has 3 aliphatic rings. The molecule has 6 atom stereocenters. The van der Waals surface area contributed by atoms with Crippen LogP contribution in [0.4, 0.5) is 4.79 Å². The zero-order valence-electron chi connectivity index (χ0n) is 23.6. The maximum Gasteiger partial charge on any atom is 0.407 e. The second-order valence-electron chi connectivity index (χ2n) is 11.7. The van der Waals surface area contributed by atoms with Gasteiger partial charge in [0.25, 0.3) is 0 Å². The summed E-state index contributed by atoms with van der Waals surface area (Å²) in [5.74, 6) is -1.12. The number of rotatable bonds is 10. The van der Waals surface area contributed by atoms with E-state index < -0.39 is 24.2 Å². The normalized spacial score (nSPS) is 23.5. The monoisotopic (exact) mass is 568 g/mol. The third-order valence-electron chi connectivity index (χ3n) is 9.22. The minimum atomic E-state index is -0.986. The van der Waals surface area contributed by atoms with E-state index in [-0.39, 0.29) is 42.9 Å². The van der Waals surface area contributed by atoms with E-state index in [1.807, 2.05) is 54.6 Å². The van der Waals surface area contributed by atoms with Gasteiger partial charge in [0.15, 0.2) is 0 Å². The van der Waals surface area contributed by atoms with Gasteiger partial charge in [0.2, 0.25) is 5.91 Å². The Morgan fingerprint density at radius 2 is 1.52 bits per heavy atom. The first-order valence-corrected chi connectivity index (χ1v) is 14.7. The number of hydrogen-bond acceptors (Lipinski definition) is 5. The maximum atomic E-state index is 13.5. The zero-order chi connectivity index (χ0) is 29.2. The first-order valence-electron chi connectivity index (χ1n) is 14.7. The average Bonchev–Trinajstić information content (AvgIpc) is 3.51. The summed E-state index contributed by atoms with van der Waals surface area (Å²) < 4.78 is 11.8. The molecule has 1 unspecified atom stereocenters. The van der Waals surface area contributed by atoms with Gasteiger partial charge in [0.1, 0.15) is 12.6 Å². The number of carboxylic acids is 1. The van der Waals surface area contributed by atoms with E-state index >= 15 is 0 Å². The van der Waals surface area contributed by atoms with Crippen molar-refractivity contribution in [3.8, 4) is 11.1 Å². The molecule has 0 bridgehead atoms. The number of carbonyl (C=O) groups is 3. The van der Waals surface area contributed by atoms with Crippen LogP contribution in [-0.2, 0) is 25.7 Å². The summed E-state index contributed by atoms with van der Waals surface area (Å²) in [5, 5.41) is 15.3. The van der Waals surface area contributed by atoms with Crippen LogP contribution in [0.5, 0.6) is 0 Å². The molecule has 0 aliphatic heterocycles. The van der Waals surface area contributed by atoms with Crippen LogP contribution in [0.2, 0.25) is 0 Å². The lowest BCUT2D eigenvalue weighted by Crippen LogP contribution is -2.59. The minimum Gasteiger partial charge on any atom is -0.481 e. The summed E-state index contributed by atoms with van der Waals surface area (Å²) >= 11 is 0. The first kappa shape index (κ1) is 28.0. The van der Waals surface area contributed by atoms with Crippen molar-refractivity contribution in [1.29, 1.82) is 0 Å². The van der Waals surface area contributed by atoms with Crippen LogP contribution in [0, 0.1) is 17.8 Å². The maximum absolute atomic E-state index is 13.5. The highest BCUT2D eigenvalue weighted by molar-refractivity contribution is 5.86. The Balaban J connectivity index is 1.12. The number of fused-ring (bicyclic) bond motifs is 4. The summed E-state index contributed by atoms with van der Waals surface area (Å²) in [5.41, 5.74) is 5.45. The van der Waals surface area contributed by atoms with Crippen molar-refractivity contribution >= 4 is 18.0 Å². The van der Waals surface area contributed by atoms with E-state index in [2.05, 4.69) is 34.9 Å². The molecule has 2 amide bonds. The van der Waals surface area contributed by atoms with Crippen LogP contribution in [-0.4, -0.2) is 47.9 Å². The van der Waals surface area contributed by atoms with Crippen molar-refractivity contribution < 1.29 is 29.0 Å². The largest absolute Gasteiger partial charge is 0.481 e. The fraction of sp³-hybridized carbons (Fsp3) is 0.382. The van der Waals surface area contributed by atoms with Crippen LogP contribution < -0.4 is 10.6 Å². The number of alkyl carbamates (subject to hydrolysis) is 1. The van der Waals surface area contributed by atoms with Crippen molar-refractivity contribution in [3.63, 3.8) is 0 Å². The van der Waals surface area contributed by atoms with Gasteiger partial charge >= 0.3 is 12.1 Å². The number of hydrogen-bond donors (Lipinski definition) is 3. The first-order chi connectivity index (χ1) is 20.4. The number of carbonyl (C=O) groups excluding carboxylic acids is 2. The molecular weight excluding hydrogens is 532 g/mol. The van der Waals surface area contributed by atoms with Crippen LogP contribution >= 0.6 is 0 Å². The minimum absolute atomic E-state index is 0.0985. The van der Waals surface area contributed by atoms with Gasteiger partial charge < -0.3 is 25.2 Å². The lowest BCUT2D eigenvalue weighted by atomic mass is 9.71. The Hall–Kier alpha value is -4.17. The van der Waals surface area contributed by atoms with Gasteiger partial charge in [-0.05, 0) is 65.8 Å². The van der Waals surface area contributed by atoms with E-state index in [1.165, 1.54) is 0 Å². The molecular formula is C34H36N2O6. The summed E-state index contributed by atoms with van der Waals surface area (Å²) in [6, 6.07) is 24.8. The average molecular weight is 569 g/mol. The third kappa shape index (κ3) is 5.63. The Kier molecular flexibility index (Phi) is 7.98. The highest BCUT2D eigenvalue weighted by Gasteiger charge is 2.50. The molecule has 0 radical (unpaired) electrons. The molecule has 6 rings (SSSR count). The molecule has 218 valence electrons. The summed E-state index contributed by atoms with van der Waals surface area (Å²) in [4.78, 5) is 38.2. The van der Waals surface area contributed by atoms with Gasteiger partial charge in [-0.3, -0.25) is 9.59 Å². The van der Waals surface area contributed by atoms with Crippen molar-refractivity contribution in [1.82, 2.24) is 10.6 Å². The highest BCUT2D eigenvalue weighted by atomic mass is 16.5. The SMILES string of the molecule is C[C@H](OCc1ccccc1)[C@@H](NC(=O)OCC1c2ccccc2-c2ccccc21)C(=O)N[C@@H]1C[C@@H]2CC(C(=O)O)C[C@@H]21. The van der Waals surface area contributed by atoms with E-state index in [0.717, 1.165) is 34.2 Å². The zero-order valence-corrected chi connectivity index (χ0v) is 23.6. The van der Waals surface area contributed by atoms with Crippen LogP contribution in [0.1, 0.15) is 48.8 Å². The molecule has 2 saturated carbocycles. The molecule has 3 aromatic rings. The van der Waals surface area contributed by atoms with Crippen LogP contribution in [0.15, 0.2) is 78.9 Å². The molecule has 0 aromatic heterocycles. The Labute approximate surface area is 245 Å². The van der Waals surface area contributed by atoms with Gasteiger partial charge in [-0.15, -0.1) is 0 Å². The molecule has 2 fully saturated rings. The highest BCUT2D eigenvalue weighted by Crippen LogP contribution is 2.50. The molecule has 3 aromatic carbocycles.